The van der Waals surface area contributed by atoms with E-state index in [1.165, 1.54) is 0 Å². The molecular formula is C15H20ClNO3. The molecule has 1 aromatic rings. The second kappa shape index (κ2) is 6.95. The molecule has 0 atom stereocenters. The minimum atomic E-state index is -0.113. The smallest absolute Gasteiger partial charge is 0.257 e. The van der Waals surface area contributed by atoms with Crippen LogP contribution in [0.5, 0.6) is 5.75 Å². The Hall–Kier alpha value is -1.26. The number of nitrogens with one attached hydrogen (secondary N) is 1. The van der Waals surface area contributed by atoms with Crippen molar-refractivity contribution >= 4 is 17.5 Å². The van der Waals surface area contributed by atoms with Gasteiger partial charge in [0.25, 0.3) is 5.91 Å². The van der Waals surface area contributed by atoms with Crippen LogP contribution in [-0.2, 0) is 9.53 Å². The SMILES string of the molecule is CC1(CNC(=O)COc2cccc(Cl)c2)CCOCC1. The number of carbonyl (C=O) groups is 1. The zero-order valence-electron chi connectivity index (χ0n) is 11.7. The van der Waals surface area contributed by atoms with Crippen LogP contribution in [0.1, 0.15) is 19.8 Å². The number of halogens is 1. The Morgan fingerprint density at radius 2 is 2.20 bits per heavy atom. The van der Waals surface area contributed by atoms with E-state index in [-0.39, 0.29) is 17.9 Å². The maximum atomic E-state index is 11.8. The van der Waals surface area contributed by atoms with Crippen LogP contribution in [0.4, 0.5) is 0 Å². The Morgan fingerprint density at radius 3 is 2.90 bits per heavy atom. The van der Waals surface area contributed by atoms with Gasteiger partial charge in [0.15, 0.2) is 6.61 Å². The Morgan fingerprint density at radius 1 is 1.45 bits per heavy atom. The summed E-state index contributed by atoms with van der Waals surface area (Å²) in [5.41, 5.74) is 0.129. The quantitative estimate of drug-likeness (QED) is 0.909. The first kappa shape index (κ1) is 15.1. The second-order valence-corrected chi connectivity index (χ2v) is 5.88. The van der Waals surface area contributed by atoms with Crippen molar-refractivity contribution in [3.05, 3.63) is 29.3 Å². The minimum absolute atomic E-state index is 0.00687. The monoisotopic (exact) mass is 297 g/mol. The van der Waals surface area contributed by atoms with Gasteiger partial charge in [0.05, 0.1) is 0 Å². The molecule has 20 heavy (non-hydrogen) atoms. The summed E-state index contributed by atoms with van der Waals surface area (Å²) in [7, 11) is 0. The van der Waals surface area contributed by atoms with Crippen molar-refractivity contribution in [2.75, 3.05) is 26.4 Å². The van der Waals surface area contributed by atoms with Crippen LogP contribution in [0.25, 0.3) is 0 Å². The van der Waals surface area contributed by atoms with Gasteiger partial charge in [0.2, 0.25) is 0 Å². The lowest BCUT2D eigenvalue weighted by atomic mass is 9.82. The van der Waals surface area contributed by atoms with Crippen LogP contribution in [0.15, 0.2) is 24.3 Å². The predicted octanol–water partition coefficient (Wildman–Crippen LogP) is 2.65. The Balaban J connectivity index is 1.72. The molecule has 110 valence electrons. The molecular weight excluding hydrogens is 278 g/mol. The Kier molecular flexibility index (Phi) is 5.26. The van der Waals surface area contributed by atoms with Crippen molar-refractivity contribution in [3.8, 4) is 5.75 Å². The van der Waals surface area contributed by atoms with Gasteiger partial charge >= 0.3 is 0 Å². The lowest BCUT2D eigenvalue weighted by molar-refractivity contribution is -0.124. The molecule has 1 heterocycles. The molecule has 1 aromatic carbocycles. The molecule has 1 saturated heterocycles. The molecule has 2 rings (SSSR count). The largest absolute Gasteiger partial charge is 0.484 e. The molecule has 0 unspecified atom stereocenters. The first-order valence-corrected chi connectivity index (χ1v) is 7.18. The van der Waals surface area contributed by atoms with Gasteiger partial charge in [-0.2, -0.15) is 0 Å². The number of ether oxygens (including phenoxy) is 2. The first-order chi connectivity index (χ1) is 9.57. The van der Waals surface area contributed by atoms with Gasteiger partial charge < -0.3 is 14.8 Å². The highest BCUT2D eigenvalue weighted by molar-refractivity contribution is 6.30. The van der Waals surface area contributed by atoms with Crippen molar-refractivity contribution in [3.63, 3.8) is 0 Å². The van der Waals surface area contributed by atoms with E-state index in [2.05, 4.69) is 12.2 Å². The van der Waals surface area contributed by atoms with E-state index >= 15 is 0 Å². The third-order valence-electron chi connectivity index (χ3n) is 3.58. The van der Waals surface area contributed by atoms with Crippen LogP contribution in [-0.4, -0.2) is 32.3 Å². The maximum Gasteiger partial charge on any atom is 0.257 e. The molecule has 0 radical (unpaired) electrons. The number of rotatable bonds is 5. The molecule has 4 nitrogen and oxygen atoms in total. The summed E-state index contributed by atoms with van der Waals surface area (Å²) in [6.07, 6.45) is 1.95. The molecule has 5 heteroatoms. The van der Waals surface area contributed by atoms with Gasteiger partial charge in [-0.1, -0.05) is 24.6 Å². The summed E-state index contributed by atoms with van der Waals surface area (Å²) in [4.78, 5) is 11.8. The van der Waals surface area contributed by atoms with Crippen LogP contribution >= 0.6 is 11.6 Å². The summed E-state index contributed by atoms with van der Waals surface area (Å²) >= 11 is 5.85. The van der Waals surface area contributed by atoms with E-state index in [4.69, 9.17) is 21.1 Å². The standard InChI is InChI=1S/C15H20ClNO3/c1-15(5-7-19-8-6-15)11-17-14(18)10-20-13-4-2-3-12(16)9-13/h2-4,9H,5-8,10-11H2,1H3,(H,17,18). The third-order valence-corrected chi connectivity index (χ3v) is 3.81. The van der Waals surface area contributed by atoms with E-state index in [0.29, 0.717) is 17.3 Å². The Labute approximate surface area is 124 Å². The number of hydrogen-bond acceptors (Lipinski definition) is 3. The third kappa shape index (κ3) is 4.69. The second-order valence-electron chi connectivity index (χ2n) is 5.45. The van der Waals surface area contributed by atoms with Crippen LogP contribution in [0, 0.1) is 5.41 Å². The van der Waals surface area contributed by atoms with Crippen molar-refractivity contribution in [2.24, 2.45) is 5.41 Å². The fraction of sp³-hybridized carbons (Fsp3) is 0.533. The van der Waals surface area contributed by atoms with Crippen molar-refractivity contribution in [1.29, 1.82) is 0 Å². The molecule has 1 aliphatic rings. The van der Waals surface area contributed by atoms with Crippen LogP contribution in [0.3, 0.4) is 0 Å². The van der Waals surface area contributed by atoms with Crippen molar-refractivity contribution in [2.45, 2.75) is 19.8 Å². The molecule has 1 aliphatic heterocycles. The summed E-state index contributed by atoms with van der Waals surface area (Å²) in [5, 5.41) is 3.52. The highest BCUT2D eigenvalue weighted by atomic mass is 35.5. The van der Waals surface area contributed by atoms with Gasteiger partial charge in [-0.3, -0.25) is 4.79 Å². The zero-order chi connectivity index (χ0) is 14.4. The fourth-order valence-corrected chi connectivity index (χ4v) is 2.29. The summed E-state index contributed by atoms with van der Waals surface area (Å²) < 4.78 is 10.7. The summed E-state index contributed by atoms with van der Waals surface area (Å²) in [5.74, 6) is 0.489. The fourth-order valence-electron chi connectivity index (χ4n) is 2.11. The first-order valence-electron chi connectivity index (χ1n) is 6.80. The summed E-state index contributed by atoms with van der Waals surface area (Å²) in [6, 6.07) is 7.02. The minimum Gasteiger partial charge on any atom is -0.484 e. The molecule has 1 N–H and O–H groups in total. The molecule has 1 fully saturated rings. The van der Waals surface area contributed by atoms with E-state index in [9.17, 15) is 4.79 Å². The summed E-state index contributed by atoms with van der Waals surface area (Å²) in [6.45, 7) is 4.38. The molecule has 0 aromatic heterocycles. The lowest BCUT2D eigenvalue weighted by Crippen LogP contribution is -2.41. The highest BCUT2D eigenvalue weighted by Gasteiger charge is 2.27. The van der Waals surface area contributed by atoms with Gasteiger partial charge in [-0.05, 0) is 36.5 Å². The number of amides is 1. The van der Waals surface area contributed by atoms with Crippen molar-refractivity contribution < 1.29 is 14.3 Å². The predicted molar refractivity (Wildman–Crippen MR) is 78.1 cm³/mol. The average Bonchev–Trinajstić information content (AvgIpc) is 2.44. The van der Waals surface area contributed by atoms with Gasteiger partial charge in [0, 0.05) is 24.8 Å². The van der Waals surface area contributed by atoms with E-state index in [1.807, 2.05) is 0 Å². The highest BCUT2D eigenvalue weighted by Crippen LogP contribution is 2.28. The van der Waals surface area contributed by atoms with E-state index in [0.717, 1.165) is 26.1 Å². The zero-order valence-corrected chi connectivity index (χ0v) is 12.4. The van der Waals surface area contributed by atoms with Gasteiger partial charge in [0.1, 0.15) is 5.75 Å². The molecule has 0 aliphatic carbocycles. The van der Waals surface area contributed by atoms with Crippen LogP contribution in [0.2, 0.25) is 5.02 Å². The topological polar surface area (TPSA) is 47.6 Å². The van der Waals surface area contributed by atoms with Gasteiger partial charge in [-0.25, -0.2) is 0 Å². The maximum absolute atomic E-state index is 11.8. The molecule has 0 saturated carbocycles. The van der Waals surface area contributed by atoms with Gasteiger partial charge in [-0.15, -0.1) is 0 Å². The number of hydrogen-bond donors (Lipinski definition) is 1. The van der Waals surface area contributed by atoms with Crippen molar-refractivity contribution in [1.82, 2.24) is 5.32 Å². The average molecular weight is 298 g/mol. The van der Waals surface area contributed by atoms with E-state index < -0.39 is 0 Å². The number of carbonyl (C=O) groups excluding carboxylic acids is 1. The number of benzene rings is 1. The lowest BCUT2D eigenvalue weighted by Gasteiger charge is -2.33. The van der Waals surface area contributed by atoms with Crippen LogP contribution < -0.4 is 10.1 Å². The molecule has 0 spiro atoms. The Bertz CT molecular complexity index is 458. The van der Waals surface area contributed by atoms with E-state index in [1.54, 1.807) is 24.3 Å². The molecule has 0 bridgehead atoms. The molecule has 1 amide bonds. The normalized spacial score (nSPS) is 17.5.